The lowest BCUT2D eigenvalue weighted by molar-refractivity contribution is -0.129. The van der Waals surface area contributed by atoms with E-state index in [4.69, 9.17) is 16.3 Å². The molecular weight excluding hydrogens is 305 g/mol. The smallest absolute Gasteiger partial charge is 0.253 e. The summed E-state index contributed by atoms with van der Waals surface area (Å²) in [5, 5.41) is 3.39. The molecule has 1 heterocycles. The topological polar surface area (TPSA) is 38.3 Å². The zero-order valence-electron chi connectivity index (χ0n) is 9.21. The highest BCUT2D eigenvalue weighted by Crippen LogP contribution is 2.26. The lowest BCUT2D eigenvalue weighted by Crippen LogP contribution is -2.33. The summed E-state index contributed by atoms with van der Waals surface area (Å²) in [6, 6.07) is 5.32. The minimum atomic E-state index is -0.328. The molecule has 1 amide bonds. The lowest BCUT2D eigenvalue weighted by Gasteiger charge is -2.21. The van der Waals surface area contributed by atoms with E-state index in [0.29, 0.717) is 17.3 Å². The standard InChI is InChI=1S/C12H13BrClNO2/c13-9-5-4-8(7-10(9)14)15-12(16)11-3-1-2-6-17-11/h4-5,7,11H,1-3,6H2,(H,15,16). The van der Waals surface area contributed by atoms with E-state index in [1.807, 2.05) is 0 Å². The SMILES string of the molecule is O=C(Nc1ccc(Br)c(Cl)c1)C1CCCCO1. The number of hydrogen-bond donors (Lipinski definition) is 1. The maximum atomic E-state index is 11.9. The van der Waals surface area contributed by atoms with Crippen LogP contribution in [0, 0.1) is 0 Å². The van der Waals surface area contributed by atoms with Crippen LogP contribution < -0.4 is 5.32 Å². The molecule has 0 aliphatic carbocycles. The molecule has 1 aliphatic rings. The predicted octanol–water partition coefficient (Wildman–Crippen LogP) is 3.61. The first-order valence-corrected chi connectivity index (χ1v) is 6.71. The number of benzene rings is 1. The Kier molecular flexibility index (Phi) is 4.42. The predicted molar refractivity (Wildman–Crippen MR) is 71.4 cm³/mol. The molecule has 1 N–H and O–H groups in total. The summed E-state index contributed by atoms with van der Waals surface area (Å²) < 4.78 is 6.22. The Labute approximate surface area is 114 Å². The van der Waals surface area contributed by atoms with E-state index < -0.39 is 0 Å². The molecule has 1 aromatic carbocycles. The summed E-state index contributed by atoms with van der Waals surface area (Å²) >= 11 is 9.26. The van der Waals surface area contributed by atoms with Crippen molar-refractivity contribution in [2.75, 3.05) is 11.9 Å². The highest BCUT2D eigenvalue weighted by atomic mass is 79.9. The van der Waals surface area contributed by atoms with E-state index in [0.717, 1.165) is 23.7 Å². The molecule has 5 heteroatoms. The van der Waals surface area contributed by atoms with Crippen molar-refractivity contribution in [3.05, 3.63) is 27.7 Å². The maximum absolute atomic E-state index is 11.9. The van der Waals surface area contributed by atoms with Gasteiger partial charge in [0.25, 0.3) is 5.91 Å². The van der Waals surface area contributed by atoms with Gasteiger partial charge >= 0.3 is 0 Å². The van der Waals surface area contributed by atoms with Gasteiger partial charge in [-0.05, 0) is 53.4 Å². The van der Waals surface area contributed by atoms with Gasteiger partial charge in [0, 0.05) is 16.8 Å². The van der Waals surface area contributed by atoms with Gasteiger partial charge in [-0.2, -0.15) is 0 Å². The average molecular weight is 319 g/mol. The highest BCUT2D eigenvalue weighted by molar-refractivity contribution is 9.10. The van der Waals surface area contributed by atoms with Crippen molar-refractivity contribution >= 4 is 39.1 Å². The van der Waals surface area contributed by atoms with Crippen molar-refractivity contribution in [2.24, 2.45) is 0 Å². The number of carbonyl (C=O) groups excluding carboxylic acids is 1. The molecule has 0 aromatic heterocycles. The third-order valence-electron chi connectivity index (χ3n) is 2.66. The molecule has 17 heavy (non-hydrogen) atoms. The van der Waals surface area contributed by atoms with Crippen molar-refractivity contribution in [1.82, 2.24) is 0 Å². The molecule has 92 valence electrons. The van der Waals surface area contributed by atoms with Crippen LogP contribution in [-0.4, -0.2) is 18.6 Å². The molecule has 3 nitrogen and oxygen atoms in total. The fourth-order valence-corrected chi connectivity index (χ4v) is 2.17. The van der Waals surface area contributed by atoms with Crippen LogP contribution in [0.3, 0.4) is 0 Å². The van der Waals surface area contributed by atoms with Gasteiger partial charge in [-0.15, -0.1) is 0 Å². The summed E-state index contributed by atoms with van der Waals surface area (Å²) in [6.45, 7) is 0.666. The largest absolute Gasteiger partial charge is 0.368 e. The van der Waals surface area contributed by atoms with Crippen molar-refractivity contribution < 1.29 is 9.53 Å². The molecule has 1 saturated heterocycles. The lowest BCUT2D eigenvalue weighted by atomic mass is 10.1. The van der Waals surface area contributed by atoms with E-state index in [1.165, 1.54) is 0 Å². The molecule has 0 spiro atoms. The van der Waals surface area contributed by atoms with Gasteiger partial charge in [-0.1, -0.05) is 11.6 Å². The molecule has 1 atom stereocenters. The van der Waals surface area contributed by atoms with Gasteiger partial charge in [0.05, 0.1) is 5.02 Å². The number of hydrogen-bond acceptors (Lipinski definition) is 2. The zero-order chi connectivity index (χ0) is 12.3. The van der Waals surface area contributed by atoms with Crippen LogP contribution in [0.15, 0.2) is 22.7 Å². The van der Waals surface area contributed by atoms with Crippen LogP contribution in [0.5, 0.6) is 0 Å². The Balaban J connectivity index is 1.99. The summed E-state index contributed by atoms with van der Waals surface area (Å²) in [5.41, 5.74) is 0.692. The van der Waals surface area contributed by atoms with Gasteiger partial charge in [0.2, 0.25) is 0 Å². The number of nitrogens with one attached hydrogen (secondary N) is 1. The van der Waals surface area contributed by atoms with Crippen LogP contribution in [0.1, 0.15) is 19.3 Å². The third-order valence-corrected chi connectivity index (χ3v) is 3.89. The number of ether oxygens (including phenoxy) is 1. The van der Waals surface area contributed by atoms with E-state index in [1.54, 1.807) is 18.2 Å². The van der Waals surface area contributed by atoms with Gasteiger partial charge in [0.15, 0.2) is 0 Å². The fraction of sp³-hybridized carbons (Fsp3) is 0.417. The number of anilines is 1. The van der Waals surface area contributed by atoms with E-state index in [2.05, 4.69) is 21.2 Å². The molecule has 0 radical (unpaired) electrons. The maximum Gasteiger partial charge on any atom is 0.253 e. The Bertz CT molecular complexity index is 419. The first-order valence-electron chi connectivity index (χ1n) is 5.54. The van der Waals surface area contributed by atoms with Crippen LogP contribution in [0.25, 0.3) is 0 Å². The van der Waals surface area contributed by atoms with E-state index >= 15 is 0 Å². The first-order chi connectivity index (χ1) is 8.16. The number of halogens is 2. The van der Waals surface area contributed by atoms with Crippen LogP contribution in [0.4, 0.5) is 5.69 Å². The number of amides is 1. The fourth-order valence-electron chi connectivity index (χ4n) is 1.74. The minimum Gasteiger partial charge on any atom is -0.368 e. The van der Waals surface area contributed by atoms with Crippen molar-refractivity contribution in [2.45, 2.75) is 25.4 Å². The second kappa shape index (κ2) is 5.85. The molecule has 2 rings (SSSR count). The van der Waals surface area contributed by atoms with Crippen LogP contribution >= 0.6 is 27.5 Å². The molecule has 1 aliphatic heterocycles. The highest BCUT2D eigenvalue weighted by Gasteiger charge is 2.21. The second-order valence-corrected chi connectivity index (χ2v) is 5.23. The Hall–Kier alpha value is -0.580. The van der Waals surface area contributed by atoms with Gasteiger partial charge < -0.3 is 10.1 Å². The van der Waals surface area contributed by atoms with Gasteiger partial charge in [0.1, 0.15) is 6.10 Å². The van der Waals surface area contributed by atoms with Crippen LogP contribution in [0.2, 0.25) is 5.02 Å². The van der Waals surface area contributed by atoms with Crippen LogP contribution in [-0.2, 0) is 9.53 Å². The number of carbonyl (C=O) groups is 1. The molecule has 1 fully saturated rings. The van der Waals surface area contributed by atoms with E-state index in [-0.39, 0.29) is 12.0 Å². The zero-order valence-corrected chi connectivity index (χ0v) is 11.6. The monoisotopic (exact) mass is 317 g/mol. The molecule has 0 bridgehead atoms. The number of rotatable bonds is 2. The van der Waals surface area contributed by atoms with E-state index in [9.17, 15) is 4.79 Å². The molecule has 0 saturated carbocycles. The van der Waals surface area contributed by atoms with Crippen molar-refractivity contribution in [3.63, 3.8) is 0 Å². The molecular formula is C12H13BrClNO2. The summed E-state index contributed by atoms with van der Waals surface area (Å²) in [5.74, 6) is -0.0944. The summed E-state index contributed by atoms with van der Waals surface area (Å²) in [4.78, 5) is 11.9. The second-order valence-electron chi connectivity index (χ2n) is 3.97. The Morgan fingerprint density at radius 2 is 2.29 bits per heavy atom. The molecule has 1 unspecified atom stereocenters. The average Bonchev–Trinajstić information content (AvgIpc) is 2.35. The summed E-state index contributed by atoms with van der Waals surface area (Å²) in [7, 11) is 0. The van der Waals surface area contributed by atoms with Crippen molar-refractivity contribution in [3.8, 4) is 0 Å². The Morgan fingerprint density at radius 3 is 2.94 bits per heavy atom. The first kappa shape index (κ1) is 12.9. The minimum absolute atomic E-state index is 0.0944. The third kappa shape index (κ3) is 3.44. The van der Waals surface area contributed by atoms with Crippen molar-refractivity contribution in [1.29, 1.82) is 0 Å². The summed E-state index contributed by atoms with van der Waals surface area (Å²) in [6.07, 6.45) is 2.54. The molecule has 1 aromatic rings. The normalized spacial score (nSPS) is 20.0. The quantitative estimate of drug-likeness (QED) is 0.904. The van der Waals surface area contributed by atoms with Gasteiger partial charge in [-0.3, -0.25) is 4.79 Å². The van der Waals surface area contributed by atoms with Gasteiger partial charge in [-0.25, -0.2) is 0 Å². The Morgan fingerprint density at radius 1 is 1.47 bits per heavy atom.